The zero-order valence-electron chi connectivity index (χ0n) is 21.6. The highest BCUT2D eigenvalue weighted by Crippen LogP contribution is 2.26. The summed E-state index contributed by atoms with van der Waals surface area (Å²) in [7, 11) is 3.59. The van der Waals surface area contributed by atoms with Gasteiger partial charge in [-0.3, -0.25) is 19.6 Å². The molecule has 2 heterocycles. The lowest BCUT2D eigenvalue weighted by Crippen LogP contribution is -2.24. The van der Waals surface area contributed by atoms with E-state index in [0.29, 0.717) is 26.2 Å². The fraction of sp³-hybridized carbons (Fsp3) is 0.407. The number of hydrogen-bond acceptors (Lipinski definition) is 8. The highest BCUT2D eigenvalue weighted by molar-refractivity contribution is 6.00. The number of amides is 1. The maximum absolute atomic E-state index is 10.4. The van der Waals surface area contributed by atoms with E-state index in [2.05, 4.69) is 39.5 Å². The van der Waals surface area contributed by atoms with Crippen LogP contribution < -0.4 is 10.2 Å². The number of likely N-dealkylation sites (N-methyl/N-ethyl adjacent to an activating group) is 1. The highest BCUT2D eigenvalue weighted by Gasteiger charge is 2.16. The molecule has 0 fully saturated rings. The average molecular weight is 496 g/mol. The third-order valence-corrected chi connectivity index (χ3v) is 5.71. The molecule has 0 aliphatic carbocycles. The van der Waals surface area contributed by atoms with Crippen LogP contribution in [0.1, 0.15) is 43.4 Å². The molecule has 1 amide bonds. The van der Waals surface area contributed by atoms with E-state index in [4.69, 9.17) is 9.84 Å². The molecule has 2 aromatic rings. The summed E-state index contributed by atoms with van der Waals surface area (Å²) < 4.78 is 4.83. The highest BCUT2D eigenvalue weighted by atomic mass is 16.5. The molecule has 0 atom stereocenters. The number of nitrogens with one attached hydrogen (secondary N) is 1. The monoisotopic (exact) mass is 495 g/mol. The van der Waals surface area contributed by atoms with Gasteiger partial charge >= 0.3 is 0 Å². The molecule has 0 saturated carbocycles. The number of rotatable bonds is 8. The van der Waals surface area contributed by atoms with E-state index in [1.54, 1.807) is 19.4 Å². The first-order valence-electron chi connectivity index (χ1n) is 12.0. The van der Waals surface area contributed by atoms with E-state index < -0.39 is 0 Å². The average Bonchev–Trinajstić information content (AvgIpc) is 2.89. The maximum Gasteiger partial charge on any atom is 0.293 e. The van der Waals surface area contributed by atoms with Crippen LogP contribution in [0.15, 0.2) is 53.9 Å². The molecule has 36 heavy (non-hydrogen) atoms. The summed E-state index contributed by atoms with van der Waals surface area (Å²) in [4.78, 5) is 26.3. The molecule has 2 N–H and O–H groups in total. The van der Waals surface area contributed by atoms with E-state index in [1.807, 2.05) is 31.1 Å². The van der Waals surface area contributed by atoms with Gasteiger partial charge in [0.1, 0.15) is 6.61 Å². The van der Waals surface area contributed by atoms with Crippen molar-refractivity contribution in [2.75, 3.05) is 45.3 Å². The van der Waals surface area contributed by atoms with Gasteiger partial charge in [0.15, 0.2) is 0 Å². The van der Waals surface area contributed by atoms with Crippen LogP contribution in [0.25, 0.3) is 5.70 Å². The number of allylic oxidation sites excluding steroid dienone is 1. The molecule has 1 aliphatic rings. The van der Waals surface area contributed by atoms with Crippen molar-refractivity contribution in [1.82, 2.24) is 15.3 Å². The van der Waals surface area contributed by atoms with Gasteiger partial charge in [-0.15, -0.1) is 0 Å². The second kappa shape index (κ2) is 15.3. The molecule has 194 valence electrons. The number of β-amino-alcohol motifs (C(OH)–C–C–N with tert-alkyl or cyclic N) is 1. The number of aryl methyl sites for hydroxylation is 1. The molecule has 0 saturated heterocycles. The molecule has 0 unspecified atom stereocenters. The summed E-state index contributed by atoms with van der Waals surface area (Å²) in [5, 5.41) is 18.8. The Hall–Kier alpha value is -3.72. The van der Waals surface area contributed by atoms with Crippen molar-refractivity contribution in [2.45, 2.75) is 33.1 Å². The van der Waals surface area contributed by atoms with E-state index in [9.17, 15) is 14.7 Å². The van der Waals surface area contributed by atoms with Crippen LogP contribution in [-0.4, -0.2) is 73.6 Å². The van der Waals surface area contributed by atoms with Gasteiger partial charge < -0.3 is 20.1 Å². The van der Waals surface area contributed by atoms with Crippen molar-refractivity contribution in [3.05, 3.63) is 65.5 Å². The van der Waals surface area contributed by atoms with E-state index >= 15 is 0 Å². The van der Waals surface area contributed by atoms with Crippen LogP contribution in [-0.2, 0) is 20.7 Å². The first-order chi connectivity index (χ1) is 17.4. The van der Waals surface area contributed by atoms with Gasteiger partial charge in [-0.25, -0.2) is 0 Å². The van der Waals surface area contributed by atoms with Gasteiger partial charge in [-0.2, -0.15) is 5.10 Å². The summed E-state index contributed by atoms with van der Waals surface area (Å²) in [6, 6.07) is 10.3. The first-order valence-corrected chi connectivity index (χ1v) is 12.0. The standard InChI is InChI=1S/C24H30N4O3.C3H7NO/c1-19-23-8-7-22(27(2)14-16-31-18-30)17-21(23)5-3-4-6-24(28(26-19)13-15-29)20-9-11-25-12-10-20;1-3(5)4-2/h6-12,17-18,29H,3-5,13-16H2,1-2H3;1-2H3,(H,4,5)/b24-6+,26-19+;. The van der Waals surface area contributed by atoms with Gasteiger partial charge in [0.25, 0.3) is 6.47 Å². The lowest BCUT2D eigenvalue weighted by Gasteiger charge is -2.25. The zero-order valence-corrected chi connectivity index (χ0v) is 21.6. The Morgan fingerprint density at radius 1 is 1.28 bits per heavy atom. The molecule has 0 bridgehead atoms. The third kappa shape index (κ3) is 8.81. The lowest BCUT2D eigenvalue weighted by molar-refractivity contribution is -0.128. The number of anilines is 1. The fourth-order valence-electron chi connectivity index (χ4n) is 3.72. The number of aromatic nitrogens is 1. The van der Waals surface area contributed by atoms with Crippen molar-refractivity contribution in [3.63, 3.8) is 0 Å². The zero-order chi connectivity index (χ0) is 26.3. The molecular formula is C27H37N5O4. The van der Waals surface area contributed by atoms with Crippen molar-refractivity contribution in [1.29, 1.82) is 0 Å². The molecule has 1 aromatic carbocycles. The number of fused-ring (bicyclic) bond motifs is 1. The number of benzene rings is 1. The Bertz CT molecular complexity index is 1040. The van der Waals surface area contributed by atoms with Crippen molar-refractivity contribution >= 4 is 29.5 Å². The Kier molecular flexibility index (Phi) is 12.1. The number of aliphatic hydroxyl groups is 1. The molecule has 0 spiro atoms. The minimum Gasteiger partial charge on any atom is -0.466 e. The summed E-state index contributed by atoms with van der Waals surface area (Å²) >= 11 is 0. The number of carbonyl (C=O) groups is 2. The topological polar surface area (TPSA) is 107 Å². The molecule has 1 aliphatic heterocycles. The number of ether oxygens (including phenoxy) is 1. The molecular weight excluding hydrogens is 458 g/mol. The Balaban J connectivity index is 0.000000830. The fourth-order valence-corrected chi connectivity index (χ4v) is 3.72. The summed E-state index contributed by atoms with van der Waals surface area (Å²) in [6.45, 7) is 5.38. The first kappa shape index (κ1) is 28.5. The SMILES string of the molecule is C/C1=N\N(CCO)/C(c2ccncc2)=C/CCCc2cc(N(C)CCOC=O)ccc21.CNC(C)=O. The Morgan fingerprint density at radius 3 is 2.64 bits per heavy atom. The minimum absolute atomic E-state index is 0.00463. The van der Waals surface area contributed by atoms with E-state index in [0.717, 1.165) is 47.5 Å². The number of hydrazone groups is 1. The second-order valence-corrected chi connectivity index (χ2v) is 8.29. The smallest absolute Gasteiger partial charge is 0.293 e. The van der Waals surface area contributed by atoms with Crippen molar-refractivity contribution in [3.8, 4) is 0 Å². The second-order valence-electron chi connectivity index (χ2n) is 8.29. The molecule has 0 radical (unpaired) electrons. The van der Waals surface area contributed by atoms with Crippen LogP contribution in [0, 0.1) is 0 Å². The number of aliphatic hydroxyl groups excluding tert-OH is 1. The summed E-state index contributed by atoms with van der Waals surface area (Å²) in [6.07, 6.45) is 8.59. The molecule has 9 nitrogen and oxygen atoms in total. The largest absolute Gasteiger partial charge is 0.466 e. The Morgan fingerprint density at radius 2 is 2.00 bits per heavy atom. The molecule has 3 rings (SSSR count). The van der Waals surface area contributed by atoms with Crippen molar-refractivity contribution in [2.24, 2.45) is 5.10 Å². The van der Waals surface area contributed by atoms with Crippen LogP contribution in [0.5, 0.6) is 0 Å². The number of pyridine rings is 1. The molecule has 9 heteroatoms. The van der Waals surface area contributed by atoms with Gasteiger partial charge in [-0.05, 0) is 56.0 Å². The quantitative estimate of drug-likeness (QED) is 0.428. The van der Waals surface area contributed by atoms with Gasteiger partial charge in [0, 0.05) is 50.2 Å². The normalized spacial score (nSPS) is 16.1. The van der Waals surface area contributed by atoms with Gasteiger partial charge in [0.05, 0.1) is 31.1 Å². The van der Waals surface area contributed by atoms with Crippen LogP contribution >= 0.6 is 0 Å². The van der Waals surface area contributed by atoms with Gasteiger partial charge in [0.2, 0.25) is 5.91 Å². The number of carbonyl (C=O) groups excluding carboxylic acids is 2. The lowest BCUT2D eigenvalue weighted by atomic mass is 9.97. The van der Waals surface area contributed by atoms with Crippen molar-refractivity contribution < 1.29 is 19.4 Å². The number of hydrogen-bond donors (Lipinski definition) is 2. The Labute approximate surface area is 213 Å². The van der Waals surface area contributed by atoms with Crippen LogP contribution in [0.4, 0.5) is 5.69 Å². The summed E-state index contributed by atoms with van der Waals surface area (Å²) in [5.74, 6) is 0.00463. The minimum atomic E-state index is 0.00463. The molecule has 1 aromatic heterocycles. The number of nitrogens with zero attached hydrogens (tertiary/aromatic N) is 4. The van der Waals surface area contributed by atoms with Crippen LogP contribution in [0.3, 0.4) is 0 Å². The van der Waals surface area contributed by atoms with Crippen LogP contribution in [0.2, 0.25) is 0 Å². The predicted octanol–water partition coefficient (Wildman–Crippen LogP) is 2.84. The van der Waals surface area contributed by atoms with Gasteiger partial charge in [-0.1, -0.05) is 12.1 Å². The van der Waals surface area contributed by atoms with E-state index in [-0.39, 0.29) is 12.5 Å². The van der Waals surface area contributed by atoms with E-state index in [1.165, 1.54) is 12.5 Å². The predicted molar refractivity (Wildman–Crippen MR) is 143 cm³/mol. The summed E-state index contributed by atoms with van der Waals surface area (Å²) in [5.41, 5.74) is 6.37. The maximum atomic E-state index is 10.4. The third-order valence-electron chi connectivity index (χ3n) is 5.71.